The zero-order valence-corrected chi connectivity index (χ0v) is 11.8. The maximum atomic E-state index is 4.52. The Labute approximate surface area is 115 Å². The molecule has 100 valence electrons. The van der Waals surface area contributed by atoms with Crippen LogP contribution in [0.4, 0.5) is 5.69 Å². The molecule has 19 heavy (non-hydrogen) atoms. The summed E-state index contributed by atoms with van der Waals surface area (Å²) in [6.07, 6.45) is 7.06. The number of aromatic nitrogens is 1. The Morgan fingerprint density at radius 1 is 1.21 bits per heavy atom. The van der Waals surface area contributed by atoms with Gasteiger partial charge < -0.3 is 5.32 Å². The van der Waals surface area contributed by atoms with E-state index in [1.54, 1.807) is 0 Å². The number of nitrogens with zero attached hydrogens (tertiary/aromatic N) is 1. The molecule has 1 fully saturated rings. The van der Waals surface area contributed by atoms with Crippen molar-refractivity contribution < 1.29 is 0 Å². The molecule has 2 aromatic rings. The molecule has 2 heteroatoms. The van der Waals surface area contributed by atoms with Gasteiger partial charge in [-0.15, -0.1) is 0 Å². The van der Waals surface area contributed by atoms with Gasteiger partial charge in [-0.05, 0) is 36.8 Å². The van der Waals surface area contributed by atoms with Crippen LogP contribution in [-0.4, -0.2) is 11.0 Å². The SMILES string of the molecule is CC1(C)CCCC(Nc2cccc3cccnc23)C1. The summed E-state index contributed by atoms with van der Waals surface area (Å²) in [5, 5.41) is 4.93. The van der Waals surface area contributed by atoms with Crippen molar-refractivity contribution in [2.45, 2.75) is 45.6 Å². The lowest BCUT2D eigenvalue weighted by Crippen LogP contribution is -2.31. The molecule has 1 unspecified atom stereocenters. The third-order valence-corrected chi connectivity index (χ3v) is 4.20. The van der Waals surface area contributed by atoms with Gasteiger partial charge in [0.05, 0.1) is 11.2 Å². The first-order chi connectivity index (χ1) is 9.14. The van der Waals surface area contributed by atoms with Gasteiger partial charge in [0, 0.05) is 17.6 Å². The molecule has 1 aliphatic rings. The highest BCUT2D eigenvalue weighted by Gasteiger charge is 2.27. The van der Waals surface area contributed by atoms with Crippen molar-refractivity contribution in [2.75, 3.05) is 5.32 Å². The standard InChI is InChI=1S/C17H22N2/c1-17(2)10-4-8-14(12-17)19-15-9-3-6-13-7-5-11-18-16(13)15/h3,5-7,9,11,14,19H,4,8,10,12H2,1-2H3. The predicted octanol–water partition coefficient (Wildman–Crippen LogP) is 4.62. The van der Waals surface area contributed by atoms with Crippen molar-refractivity contribution in [3.8, 4) is 0 Å². The summed E-state index contributed by atoms with van der Waals surface area (Å²) in [5.74, 6) is 0. The number of rotatable bonds is 2. The van der Waals surface area contributed by atoms with E-state index in [4.69, 9.17) is 0 Å². The minimum Gasteiger partial charge on any atom is -0.381 e. The van der Waals surface area contributed by atoms with E-state index >= 15 is 0 Å². The van der Waals surface area contributed by atoms with E-state index in [2.05, 4.69) is 48.4 Å². The second-order valence-corrected chi connectivity index (χ2v) is 6.48. The maximum Gasteiger partial charge on any atom is 0.0933 e. The van der Waals surface area contributed by atoms with Crippen molar-refractivity contribution in [1.82, 2.24) is 4.98 Å². The van der Waals surface area contributed by atoms with E-state index in [0.717, 1.165) is 5.52 Å². The van der Waals surface area contributed by atoms with Crippen molar-refractivity contribution in [3.05, 3.63) is 36.5 Å². The average Bonchev–Trinajstić information content (AvgIpc) is 2.38. The predicted molar refractivity (Wildman–Crippen MR) is 81.4 cm³/mol. The van der Waals surface area contributed by atoms with Crippen LogP contribution in [0.2, 0.25) is 0 Å². The molecular weight excluding hydrogens is 232 g/mol. The molecule has 1 atom stereocenters. The summed E-state index contributed by atoms with van der Waals surface area (Å²) >= 11 is 0. The van der Waals surface area contributed by atoms with E-state index in [-0.39, 0.29) is 0 Å². The number of nitrogens with one attached hydrogen (secondary N) is 1. The van der Waals surface area contributed by atoms with Crippen LogP contribution >= 0.6 is 0 Å². The first-order valence-electron chi connectivity index (χ1n) is 7.24. The fraction of sp³-hybridized carbons (Fsp3) is 0.471. The Morgan fingerprint density at radius 3 is 2.89 bits per heavy atom. The van der Waals surface area contributed by atoms with Crippen LogP contribution in [0, 0.1) is 5.41 Å². The van der Waals surface area contributed by atoms with E-state index in [0.29, 0.717) is 11.5 Å². The first kappa shape index (κ1) is 12.5. The molecule has 0 radical (unpaired) electrons. The molecule has 1 heterocycles. The lowest BCUT2D eigenvalue weighted by Gasteiger charge is -2.36. The summed E-state index contributed by atoms with van der Waals surface area (Å²) in [4.78, 5) is 4.52. The third kappa shape index (κ3) is 2.73. The van der Waals surface area contributed by atoms with Crippen LogP contribution in [0.25, 0.3) is 10.9 Å². The zero-order chi connectivity index (χ0) is 13.3. The highest BCUT2D eigenvalue weighted by atomic mass is 14.9. The summed E-state index contributed by atoms with van der Waals surface area (Å²) in [6, 6.07) is 11.1. The number of pyridine rings is 1. The Kier molecular flexibility index (Phi) is 3.17. The summed E-state index contributed by atoms with van der Waals surface area (Å²) in [5.41, 5.74) is 2.74. The number of benzene rings is 1. The first-order valence-corrected chi connectivity index (χ1v) is 7.24. The lowest BCUT2D eigenvalue weighted by atomic mass is 9.75. The monoisotopic (exact) mass is 254 g/mol. The van der Waals surface area contributed by atoms with Crippen LogP contribution in [0.15, 0.2) is 36.5 Å². The van der Waals surface area contributed by atoms with E-state index < -0.39 is 0 Å². The molecule has 1 aromatic carbocycles. The fourth-order valence-corrected chi connectivity index (χ4v) is 3.26. The lowest BCUT2D eigenvalue weighted by molar-refractivity contribution is 0.229. The van der Waals surface area contributed by atoms with Gasteiger partial charge in [-0.25, -0.2) is 0 Å². The summed E-state index contributed by atoms with van der Waals surface area (Å²) in [6.45, 7) is 4.75. The molecule has 0 bridgehead atoms. The summed E-state index contributed by atoms with van der Waals surface area (Å²) in [7, 11) is 0. The van der Waals surface area contributed by atoms with Crippen LogP contribution < -0.4 is 5.32 Å². The molecule has 1 N–H and O–H groups in total. The second-order valence-electron chi connectivity index (χ2n) is 6.48. The van der Waals surface area contributed by atoms with Crippen LogP contribution in [0.1, 0.15) is 39.5 Å². The largest absolute Gasteiger partial charge is 0.381 e. The van der Waals surface area contributed by atoms with Gasteiger partial charge in [0.2, 0.25) is 0 Å². The molecule has 1 aromatic heterocycles. The number of hydrogen-bond donors (Lipinski definition) is 1. The van der Waals surface area contributed by atoms with Crippen molar-refractivity contribution in [1.29, 1.82) is 0 Å². The molecule has 0 aliphatic heterocycles. The van der Waals surface area contributed by atoms with Gasteiger partial charge in [-0.3, -0.25) is 4.98 Å². The molecule has 3 rings (SSSR count). The zero-order valence-electron chi connectivity index (χ0n) is 11.8. The number of hydrogen-bond acceptors (Lipinski definition) is 2. The topological polar surface area (TPSA) is 24.9 Å². The van der Waals surface area contributed by atoms with Crippen molar-refractivity contribution >= 4 is 16.6 Å². The maximum absolute atomic E-state index is 4.52. The Balaban J connectivity index is 1.85. The molecular formula is C17H22N2. The minimum atomic E-state index is 0.466. The van der Waals surface area contributed by atoms with Gasteiger partial charge in [0.1, 0.15) is 0 Å². The summed E-state index contributed by atoms with van der Waals surface area (Å²) < 4.78 is 0. The normalized spacial score (nSPS) is 22.3. The van der Waals surface area contributed by atoms with Crippen LogP contribution in [-0.2, 0) is 0 Å². The smallest absolute Gasteiger partial charge is 0.0933 e. The van der Waals surface area contributed by atoms with E-state index in [1.165, 1.54) is 36.8 Å². The van der Waals surface area contributed by atoms with E-state index in [1.807, 2.05) is 12.3 Å². The van der Waals surface area contributed by atoms with Crippen molar-refractivity contribution in [3.63, 3.8) is 0 Å². The highest BCUT2D eigenvalue weighted by molar-refractivity contribution is 5.90. The minimum absolute atomic E-state index is 0.466. The second kappa shape index (κ2) is 4.84. The van der Waals surface area contributed by atoms with Gasteiger partial charge in [0.25, 0.3) is 0 Å². The number of anilines is 1. The van der Waals surface area contributed by atoms with Crippen molar-refractivity contribution in [2.24, 2.45) is 5.41 Å². The average molecular weight is 254 g/mol. The Bertz CT molecular complexity index is 569. The fourth-order valence-electron chi connectivity index (χ4n) is 3.26. The quantitative estimate of drug-likeness (QED) is 0.846. The van der Waals surface area contributed by atoms with E-state index in [9.17, 15) is 0 Å². The highest BCUT2D eigenvalue weighted by Crippen LogP contribution is 2.36. The van der Waals surface area contributed by atoms with Gasteiger partial charge in [0.15, 0.2) is 0 Å². The molecule has 1 aliphatic carbocycles. The molecule has 0 spiro atoms. The van der Waals surface area contributed by atoms with Crippen LogP contribution in [0.3, 0.4) is 0 Å². The molecule has 1 saturated carbocycles. The Morgan fingerprint density at radius 2 is 2.05 bits per heavy atom. The third-order valence-electron chi connectivity index (χ3n) is 4.20. The number of fused-ring (bicyclic) bond motifs is 1. The molecule has 0 amide bonds. The number of para-hydroxylation sites is 1. The molecule has 2 nitrogen and oxygen atoms in total. The Hall–Kier alpha value is -1.57. The van der Waals surface area contributed by atoms with Gasteiger partial charge >= 0.3 is 0 Å². The van der Waals surface area contributed by atoms with Crippen LogP contribution in [0.5, 0.6) is 0 Å². The van der Waals surface area contributed by atoms with Gasteiger partial charge in [-0.1, -0.05) is 38.5 Å². The molecule has 0 saturated heterocycles. The van der Waals surface area contributed by atoms with Gasteiger partial charge in [-0.2, -0.15) is 0 Å².